The zero-order valence-corrected chi connectivity index (χ0v) is 12.1. The Balaban J connectivity index is 2.68. The van der Waals surface area contributed by atoms with Crippen molar-refractivity contribution in [1.82, 2.24) is 10.3 Å². The van der Waals surface area contributed by atoms with Gasteiger partial charge in [-0.1, -0.05) is 13.8 Å². The zero-order chi connectivity index (χ0) is 14.3. The van der Waals surface area contributed by atoms with Crippen molar-refractivity contribution < 1.29 is 13.9 Å². The SMILES string of the molecule is COCC(C)Oc1ncc(F)cc1CNCC(C)C. The van der Waals surface area contributed by atoms with Gasteiger partial charge in [0.15, 0.2) is 0 Å². The summed E-state index contributed by atoms with van der Waals surface area (Å²) in [5, 5.41) is 3.26. The van der Waals surface area contributed by atoms with Gasteiger partial charge >= 0.3 is 0 Å². The first-order chi connectivity index (χ1) is 9.02. The summed E-state index contributed by atoms with van der Waals surface area (Å²) in [7, 11) is 1.61. The Hall–Kier alpha value is -1.20. The zero-order valence-electron chi connectivity index (χ0n) is 12.1. The normalized spacial score (nSPS) is 12.7. The first kappa shape index (κ1) is 15.9. The molecule has 108 valence electrons. The van der Waals surface area contributed by atoms with Crippen LogP contribution in [0.2, 0.25) is 0 Å². The predicted molar refractivity (Wildman–Crippen MR) is 72.7 cm³/mol. The third kappa shape index (κ3) is 5.98. The van der Waals surface area contributed by atoms with Crippen LogP contribution in [-0.2, 0) is 11.3 Å². The summed E-state index contributed by atoms with van der Waals surface area (Å²) < 4.78 is 23.9. The quantitative estimate of drug-likeness (QED) is 0.787. The van der Waals surface area contributed by atoms with Crippen LogP contribution in [0.5, 0.6) is 5.88 Å². The lowest BCUT2D eigenvalue weighted by Gasteiger charge is -2.16. The number of hydrogen-bond donors (Lipinski definition) is 1. The van der Waals surface area contributed by atoms with E-state index in [9.17, 15) is 4.39 Å². The van der Waals surface area contributed by atoms with Crippen LogP contribution in [0, 0.1) is 11.7 Å². The highest BCUT2D eigenvalue weighted by atomic mass is 19.1. The van der Waals surface area contributed by atoms with Crippen LogP contribution in [-0.4, -0.2) is 31.3 Å². The van der Waals surface area contributed by atoms with Gasteiger partial charge in [0.1, 0.15) is 11.9 Å². The molecule has 0 saturated heterocycles. The minimum Gasteiger partial charge on any atom is -0.472 e. The molecule has 1 atom stereocenters. The van der Waals surface area contributed by atoms with Crippen molar-refractivity contribution in [1.29, 1.82) is 0 Å². The second-order valence-electron chi connectivity index (χ2n) is 5.03. The maximum atomic E-state index is 13.2. The monoisotopic (exact) mass is 270 g/mol. The third-order valence-corrected chi connectivity index (χ3v) is 2.47. The molecule has 0 fully saturated rings. The van der Waals surface area contributed by atoms with E-state index in [1.165, 1.54) is 12.3 Å². The summed E-state index contributed by atoms with van der Waals surface area (Å²) in [5.74, 6) is 0.647. The van der Waals surface area contributed by atoms with Crippen molar-refractivity contribution in [2.45, 2.75) is 33.4 Å². The smallest absolute Gasteiger partial charge is 0.218 e. The fourth-order valence-corrected chi connectivity index (χ4v) is 1.66. The molecule has 0 amide bonds. The summed E-state index contributed by atoms with van der Waals surface area (Å²) in [6.45, 7) is 8.00. The molecule has 0 aliphatic carbocycles. The summed E-state index contributed by atoms with van der Waals surface area (Å²) in [5.41, 5.74) is 0.726. The van der Waals surface area contributed by atoms with Gasteiger partial charge in [-0.2, -0.15) is 0 Å². The molecule has 1 unspecified atom stereocenters. The van der Waals surface area contributed by atoms with E-state index in [0.29, 0.717) is 24.9 Å². The van der Waals surface area contributed by atoms with Gasteiger partial charge in [-0.15, -0.1) is 0 Å². The van der Waals surface area contributed by atoms with Crippen LogP contribution >= 0.6 is 0 Å². The van der Waals surface area contributed by atoms with Crippen LogP contribution in [0.3, 0.4) is 0 Å². The lowest BCUT2D eigenvalue weighted by Crippen LogP contribution is -2.22. The lowest BCUT2D eigenvalue weighted by atomic mass is 10.2. The number of pyridine rings is 1. The second kappa shape index (κ2) is 8.07. The number of methoxy groups -OCH3 is 1. The largest absolute Gasteiger partial charge is 0.472 e. The molecule has 0 bridgehead atoms. The van der Waals surface area contributed by atoms with E-state index in [0.717, 1.165) is 12.1 Å². The van der Waals surface area contributed by atoms with E-state index in [-0.39, 0.29) is 11.9 Å². The van der Waals surface area contributed by atoms with Crippen molar-refractivity contribution in [2.75, 3.05) is 20.3 Å². The number of hydrogen-bond acceptors (Lipinski definition) is 4. The van der Waals surface area contributed by atoms with Crippen molar-refractivity contribution in [2.24, 2.45) is 5.92 Å². The molecule has 4 nitrogen and oxygen atoms in total. The third-order valence-electron chi connectivity index (χ3n) is 2.47. The van der Waals surface area contributed by atoms with Gasteiger partial charge in [0.2, 0.25) is 5.88 Å². The van der Waals surface area contributed by atoms with Crippen molar-refractivity contribution in [3.8, 4) is 5.88 Å². The Bertz CT molecular complexity index is 386. The van der Waals surface area contributed by atoms with E-state index in [1.807, 2.05) is 6.92 Å². The van der Waals surface area contributed by atoms with Crippen LogP contribution in [0.25, 0.3) is 0 Å². The minimum absolute atomic E-state index is 0.119. The first-order valence-electron chi connectivity index (χ1n) is 6.53. The fraction of sp³-hybridized carbons (Fsp3) is 0.643. The number of halogens is 1. The molecule has 1 N–H and O–H groups in total. The van der Waals surface area contributed by atoms with Gasteiger partial charge in [0.05, 0.1) is 12.8 Å². The Morgan fingerprint density at radius 1 is 1.37 bits per heavy atom. The highest BCUT2D eigenvalue weighted by Gasteiger charge is 2.11. The van der Waals surface area contributed by atoms with Gasteiger partial charge in [-0.25, -0.2) is 9.37 Å². The van der Waals surface area contributed by atoms with Gasteiger partial charge < -0.3 is 14.8 Å². The summed E-state index contributed by atoms with van der Waals surface area (Å²) in [6, 6.07) is 1.45. The summed E-state index contributed by atoms with van der Waals surface area (Å²) >= 11 is 0. The number of nitrogens with zero attached hydrogens (tertiary/aromatic N) is 1. The molecule has 1 heterocycles. The van der Waals surface area contributed by atoms with Gasteiger partial charge in [0.25, 0.3) is 0 Å². The topological polar surface area (TPSA) is 43.4 Å². The van der Waals surface area contributed by atoms with Crippen LogP contribution in [0.4, 0.5) is 4.39 Å². The molecular formula is C14H23FN2O2. The molecule has 1 aromatic rings. The van der Waals surface area contributed by atoms with E-state index in [2.05, 4.69) is 24.1 Å². The Labute approximate surface area is 114 Å². The van der Waals surface area contributed by atoms with E-state index in [1.54, 1.807) is 7.11 Å². The van der Waals surface area contributed by atoms with Crippen LogP contribution in [0.15, 0.2) is 12.3 Å². The standard InChI is InChI=1S/C14H23FN2O2/c1-10(2)6-16-7-12-5-13(15)8-17-14(12)19-11(3)9-18-4/h5,8,10-11,16H,6-7,9H2,1-4H3. The Kier molecular flexibility index (Phi) is 6.73. The number of rotatable bonds is 8. The average molecular weight is 270 g/mol. The van der Waals surface area contributed by atoms with Crippen LogP contribution in [0.1, 0.15) is 26.3 Å². The molecule has 1 aromatic heterocycles. The fourth-order valence-electron chi connectivity index (χ4n) is 1.66. The summed E-state index contributed by atoms with van der Waals surface area (Å²) in [4.78, 5) is 4.01. The van der Waals surface area contributed by atoms with Crippen molar-refractivity contribution in [3.05, 3.63) is 23.6 Å². The molecule has 0 saturated carbocycles. The maximum absolute atomic E-state index is 13.2. The molecule has 0 radical (unpaired) electrons. The Morgan fingerprint density at radius 2 is 2.11 bits per heavy atom. The summed E-state index contributed by atoms with van der Waals surface area (Å²) in [6.07, 6.45) is 1.05. The number of aromatic nitrogens is 1. The maximum Gasteiger partial charge on any atom is 0.218 e. The molecule has 0 aliphatic heterocycles. The molecule has 0 spiro atoms. The number of nitrogens with one attached hydrogen (secondary N) is 1. The van der Waals surface area contributed by atoms with Crippen LogP contribution < -0.4 is 10.1 Å². The molecule has 19 heavy (non-hydrogen) atoms. The Morgan fingerprint density at radius 3 is 2.74 bits per heavy atom. The van der Waals surface area contributed by atoms with Crippen molar-refractivity contribution >= 4 is 0 Å². The highest BCUT2D eigenvalue weighted by Crippen LogP contribution is 2.17. The average Bonchev–Trinajstić information content (AvgIpc) is 2.32. The van der Waals surface area contributed by atoms with E-state index >= 15 is 0 Å². The van der Waals surface area contributed by atoms with Gasteiger partial charge in [-0.3, -0.25) is 0 Å². The molecule has 1 rings (SSSR count). The second-order valence-corrected chi connectivity index (χ2v) is 5.03. The molecule has 5 heteroatoms. The van der Waals surface area contributed by atoms with Gasteiger partial charge in [-0.05, 0) is 25.5 Å². The van der Waals surface area contributed by atoms with E-state index < -0.39 is 0 Å². The molecular weight excluding hydrogens is 247 g/mol. The molecule has 0 aromatic carbocycles. The first-order valence-corrected chi connectivity index (χ1v) is 6.53. The lowest BCUT2D eigenvalue weighted by molar-refractivity contribution is 0.0880. The van der Waals surface area contributed by atoms with Crippen molar-refractivity contribution in [3.63, 3.8) is 0 Å². The van der Waals surface area contributed by atoms with E-state index in [4.69, 9.17) is 9.47 Å². The molecule has 0 aliphatic rings. The predicted octanol–water partition coefficient (Wildman–Crippen LogP) is 2.38. The minimum atomic E-state index is -0.354. The number of ether oxygens (including phenoxy) is 2. The van der Waals surface area contributed by atoms with Gasteiger partial charge in [0, 0.05) is 19.2 Å². The highest BCUT2D eigenvalue weighted by molar-refractivity contribution is 5.26.